The Morgan fingerprint density at radius 3 is 2.47 bits per heavy atom. The number of benzene rings is 1. The molecule has 0 saturated heterocycles. The Balaban J connectivity index is 1.77. The van der Waals surface area contributed by atoms with Crippen LogP contribution in [-0.2, 0) is 6.54 Å². The molecule has 0 atom stereocenters. The standard InChI is InChI=1S/C13H17F2NO/c1-9-6-11(7-9)16-8-10-2-4-12(5-3-10)17-13(14)15/h2-5,9,11,13,16H,6-8H2,1H3. The molecule has 0 radical (unpaired) electrons. The van der Waals surface area contributed by atoms with E-state index in [0.717, 1.165) is 18.0 Å². The van der Waals surface area contributed by atoms with E-state index in [4.69, 9.17) is 0 Å². The van der Waals surface area contributed by atoms with E-state index < -0.39 is 6.61 Å². The zero-order chi connectivity index (χ0) is 12.3. The Kier molecular flexibility index (Phi) is 3.94. The van der Waals surface area contributed by atoms with E-state index in [1.54, 1.807) is 12.1 Å². The highest BCUT2D eigenvalue weighted by molar-refractivity contribution is 5.27. The van der Waals surface area contributed by atoms with Crippen LogP contribution in [0, 0.1) is 5.92 Å². The molecule has 1 saturated carbocycles. The number of nitrogens with one attached hydrogen (secondary N) is 1. The fourth-order valence-electron chi connectivity index (χ4n) is 2.12. The van der Waals surface area contributed by atoms with Crippen LogP contribution < -0.4 is 10.1 Å². The van der Waals surface area contributed by atoms with Crippen LogP contribution in [0.3, 0.4) is 0 Å². The lowest BCUT2D eigenvalue weighted by Crippen LogP contribution is -2.39. The first-order valence-electron chi connectivity index (χ1n) is 5.90. The van der Waals surface area contributed by atoms with Crippen LogP contribution in [0.5, 0.6) is 5.75 Å². The van der Waals surface area contributed by atoms with Crippen molar-refractivity contribution in [2.45, 2.75) is 39.0 Å². The summed E-state index contributed by atoms with van der Waals surface area (Å²) in [6, 6.07) is 7.39. The Labute approximate surface area is 100.0 Å². The van der Waals surface area contributed by atoms with Crippen molar-refractivity contribution in [1.82, 2.24) is 5.32 Å². The average molecular weight is 241 g/mol. The monoisotopic (exact) mass is 241 g/mol. The summed E-state index contributed by atoms with van der Waals surface area (Å²) in [5, 5.41) is 3.44. The first-order chi connectivity index (χ1) is 8.13. The van der Waals surface area contributed by atoms with Crippen LogP contribution in [0.1, 0.15) is 25.3 Å². The normalized spacial score (nSPS) is 23.5. The summed E-state index contributed by atoms with van der Waals surface area (Å²) in [4.78, 5) is 0. The van der Waals surface area contributed by atoms with Crippen LogP contribution in [0.4, 0.5) is 8.78 Å². The number of hydrogen-bond donors (Lipinski definition) is 1. The van der Waals surface area contributed by atoms with Crippen molar-refractivity contribution in [2.24, 2.45) is 5.92 Å². The third-order valence-corrected chi connectivity index (χ3v) is 3.12. The maximum Gasteiger partial charge on any atom is 0.387 e. The third-order valence-electron chi connectivity index (χ3n) is 3.12. The van der Waals surface area contributed by atoms with Gasteiger partial charge in [-0.25, -0.2) is 0 Å². The van der Waals surface area contributed by atoms with Crippen molar-refractivity contribution in [2.75, 3.05) is 0 Å². The van der Waals surface area contributed by atoms with E-state index >= 15 is 0 Å². The van der Waals surface area contributed by atoms with Crippen molar-refractivity contribution in [1.29, 1.82) is 0 Å². The number of alkyl halides is 2. The molecule has 0 unspecified atom stereocenters. The molecule has 0 aromatic heterocycles. The van der Waals surface area contributed by atoms with Gasteiger partial charge in [0.25, 0.3) is 0 Å². The summed E-state index contributed by atoms with van der Waals surface area (Å²) in [5.41, 5.74) is 1.09. The summed E-state index contributed by atoms with van der Waals surface area (Å²) >= 11 is 0. The van der Waals surface area contributed by atoms with Crippen LogP contribution in [0.2, 0.25) is 0 Å². The average Bonchev–Trinajstić information content (AvgIpc) is 2.24. The molecule has 2 nitrogen and oxygen atoms in total. The zero-order valence-corrected chi connectivity index (χ0v) is 9.83. The number of hydrogen-bond acceptors (Lipinski definition) is 2. The van der Waals surface area contributed by atoms with Gasteiger partial charge in [0, 0.05) is 12.6 Å². The lowest BCUT2D eigenvalue weighted by molar-refractivity contribution is -0.0498. The predicted molar refractivity (Wildman–Crippen MR) is 62.1 cm³/mol. The van der Waals surface area contributed by atoms with Gasteiger partial charge in [-0.15, -0.1) is 0 Å². The molecule has 1 N–H and O–H groups in total. The van der Waals surface area contributed by atoms with E-state index in [2.05, 4.69) is 17.0 Å². The molecule has 1 aliphatic rings. The molecule has 2 rings (SSSR count). The maximum atomic E-state index is 11.9. The highest BCUT2D eigenvalue weighted by atomic mass is 19.3. The van der Waals surface area contributed by atoms with Gasteiger partial charge in [0.2, 0.25) is 0 Å². The van der Waals surface area contributed by atoms with Crippen LogP contribution in [-0.4, -0.2) is 12.7 Å². The maximum absolute atomic E-state index is 11.9. The van der Waals surface area contributed by atoms with E-state index in [1.807, 2.05) is 12.1 Å². The number of ether oxygens (including phenoxy) is 1. The molecule has 1 aromatic rings. The minimum Gasteiger partial charge on any atom is -0.435 e. The number of halogens is 2. The smallest absolute Gasteiger partial charge is 0.387 e. The van der Waals surface area contributed by atoms with E-state index in [9.17, 15) is 8.78 Å². The second kappa shape index (κ2) is 5.45. The Morgan fingerprint density at radius 1 is 1.29 bits per heavy atom. The molecule has 0 heterocycles. The van der Waals surface area contributed by atoms with Crippen molar-refractivity contribution in [3.63, 3.8) is 0 Å². The molecule has 0 spiro atoms. The SMILES string of the molecule is CC1CC(NCc2ccc(OC(F)F)cc2)C1. The molecule has 1 aromatic carbocycles. The van der Waals surface area contributed by atoms with Gasteiger partial charge in [-0.1, -0.05) is 19.1 Å². The second-order valence-electron chi connectivity index (χ2n) is 4.68. The molecule has 1 aliphatic carbocycles. The molecular weight excluding hydrogens is 224 g/mol. The first kappa shape index (κ1) is 12.3. The van der Waals surface area contributed by atoms with Crippen molar-refractivity contribution in [3.05, 3.63) is 29.8 Å². The van der Waals surface area contributed by atoms with E-state index in [1.165, 1.54) is 12.8 Å². The fourth-order valence-corrected chi connectivity index (χ4v) is 2.12. The molecule has 0 bridgehead atoms. The van der Waals surface area contributed by atoms with Gasteiger partial charge >= 0.3 is 6.61 Å². The summed E-state index contributed by atoms with van der Waals surface area (Å²) < 4.78 is 28.1. The molecule has 0 aliphatic heterocycles. The van der Waals surface area contributed by atoms with Crippen molar-refractivity contribution >= 4 is 0 Å². The zero-order valence-electron chi connectivity index (χ0n) is 9.83. The number of rotatable bonds is 5. The minimum atomic E-state index is -2.75. The van der Waals surface area contributed by atoms with Gasteiger partial charge < -0.3 is 10.1 Å². The molecule has 17 heavy (non-hydrogen) atoms. The Hall–Kier alpha value is -1.16. The summed E-state index contributed by atoms with van der Waals surface area (Å²) in [5.74, 6) is 1.04. The fraction of sp³-hybridized carbons (Fsp3) is 0.538. The molecule has 0 amide bonds. The van der Waals surface area contributed by atoms with Gasteiger partial charge in [-0.2, -0.15) is 8.78 Å². The van der Waals surface area contributed by atoms with E-state index in [0.29, 0.717) is 6.04 Å². The highest BCUT2D eigenvalue weighted by Crippen LogP contribution is 2.26. The van der Waals surface area contributed by atoms with Crippen LogP contribution >= 0.6 is 0 Å². The summed E-state index contributed by atoms with van der Waals surface area (Å²) in [6.45, 7) is 0.275. The van der Waals surface area contributed by atoms with Crippen molar-refractivity contribution in [3.8, 4) is 5.75 Å². The molecule has 94 valence electrons. The van der Waals surface area contributed by atoms with Gasteiger partial charge in [0.15, 0.2) is 0 Å². The van der Waals surface area contributed by atoms with Gasteiger partial charge in [-0.05, 0) is 36.5 Å². The second-order valence-corrected chi connectivity index (χ2v) is 4.68. The third kappa shape index (κ3) is 3.66. The van der Waals surface area contributed by atoms with Crippen molar-refractivity contribution < 1.29 is 13.5 Å². The topological polar surface area (TPSA) is 21.3 Å². The van der Waals surface area contributed by atoms with Gasteiger partial charge in [0.1, 0.15) is 5.75 Å². The first-order valence-corrected chi connectivity index (χ1v) is 5.90. The Morgan fingerprint density at radius 2 is 1.94 bits per heavy atom. The minimum absolute atomic E-state index is 0.209. The molecule has 1 fully saturated rings. The van der Waals surface area contributed by atoms with Crippen LogP contribution in [0.25, 0.3) is 0 Å². The van der Waals surface area contributed by atoms with Gasteiger partial charge in [0.05, 0.1) is 0 Å². The summed E-state index contributed by atoms with van der Waals surface area (Å²) in [6.07, 6.45) is 2.46. The lowest BCUT2D eigenvalue weighted by atomic mass is 9.82. The predicted octanol–water partition coefficient (Wildman–Crippen LogP) is 3.18. The quantitative estimate of drug-likeness (QED) is 0.854. The largest absolute Gasteiger partial charge is 0.435 e. The Bertz CT molecular complexity index is 347. The van der Waals surface area contributed by atoms with Crippen LogP contribution in [0.15, 0.2) is 24.3 Å². The highest BCUT2D eigenvalue weighted by Gasteiger charge is 2.24. The van der Waals surface area contributed by atoms with E-state index in [-0.39, 0.29) is 5.75 Å². The summed E-state index contributed by atoms with van der Waals surface area (Å²) in [7, 11) is 0. The molecular formula is C13H17F2NO. The van der Waals surface area contributed by atoms with Gasteiger partial charge in [-0.3, -0.25) is 0 Å². The lowest BCUT2D eigenvalue weighted by Gasteiger charge is -2.33. The molecule has 4 heteroatoms.